The zero-order valence-electron chi connectivity index (χ0n) is 13.1. The number of rotatable bonds is 2. The lowest BCUT2D eigenvalue weighted by atomic mass is 10.1. The van der Waals surface area contributed by atoms with Gasteiger partial charge >= 0.3 is 0 Å². The van der Waals surface area contributed by atoms with Crippen LogP contribution in [0.3, 0.4) is 0 Å². The first kappa shape index (κ1) is 13.5. The summed E-state index contributed by atoms with van der Waals surface area (Å²) in [5.41, 5.74) is 3.00. The largest absolute Gasteiger partial charge is 0.336 e. The number of benzene rings is 1. The maximum Gasteiger partial charge on any atom is 0.278 e. The van der Waals surface area contributed by atoms with Gasteiger partial charge in [0.2, 0.25) is 0 Å². The molecule has 1 fully saturated rings. The van der Waals surface area contributed by atoms with Crippen LogP contribution in [-0.2, 0) is 6.54 Å². The van der Waals surface area contributed by atoms with E-state index in [9.17, 15) is 4.79 Å². The van der Waals surface area contributed by atoms with E-state index in [1.807, 2.05) is 28.8 Å². The minimum Gasteiger partial charge on any atom is -0.336 e. The van der Waals surface area contributed by atoms with Crippen molar-refractivity contribution in [3.63, 3.8) is 0 Å². The van der Waals surface area contributed by atoms with Gasteiger partial charge in [0.1, 0.15) is 6.33 Å². The second-order valence-corrected chi connectivity index (χ2v) is 6.32. The number of carbonyl (C=O) groups is 1. The van der Waals surface area contributed by atoms with Crippen LogP contribution in [0.15, 0.2) is 35.1 Å². The van der Waals surface area contributed by atoms with Crippen LogP contribution < -0.4 is 0 Å². The molecule has 3 aromatic rings. The number of nitrogens with zero attached hydrogens (tertiary/aromatic N) is 5. The first-order chi connectivity index (χ1) is 11.7. The number of imidazole rings is 1. The molecule has 0 saturated heterocycles. The topological polar surface area (TPSA) is 77.1 Å². The average molecular weight is 321 g/mol. The van der Waals surface area contributed by atoms with Gasteiger partial charge in [0.25, 0.3) is 11.8 Å². The number of fused-ring (bicyclic) bond motifs is 3. The van der Waals surface area contributed by atoms with Crippen LogP contribution in [0.25, 0.3) is 17.3 Å². The molecule has 7 heteroatoms. The predicted octanol–water partition coefficient (Wildman–Crippen LogP) is 2.39. The van der Waals surface area contributed by atoms with E-state index in [-0.39, 0.29) is 5.91 Å². The Balaban J connectivity index is 1.67. The molecule has 2 aromatic heterocycles. The second kappa shape index (κ2) is 4.77. The Labute approximate surface area is 137 Å². The molecular formula is C17H15N5O2. The van der Waals surface area contributed by atoms with Crippen LogP contribution in [0.1, 0.15) is 40.6 Å². The minimum absolute atomic E-state index is 0.00977. The summed E-state index contributed by atoms with van der Waals surface area (Å²) in [6, 6.07) is 7.54. The summed E-state index contributed by atoms with van der Waals surface area (Å²) in [6.07, 6.45) is 3.95. The molecule has 0 bridgehead atoms. The fourth-order valence-electron chi connectivity index (χ4n) is 3.12. The lowest BCUT2D eigenvalue weighted by molar-refractivity contribution is 0.0788. The summed E-state index contributed by atoms with van der Waals surface area (Å²) >= 11 is 0. The lowest BCUT2D eigenvalue weighted by Gasteiger charge is -2.14. The molecule has 5 rings (SSSR count). The van der Waals surface area contributed by atoms with Crippen molar-refractivity contribution in [1.29, 1.82) is 0 Å². The molecule has 0 unspecified atom stereocenters. The summed E-state index contributed by atoms with van der Waals surface area (Å²) in [6.45, 7) is 0.435. The van der Waals surface area contributed by atoms with E-state index in [2.05, 4.69) is 15.1 Å². The van der Waals surface area contributed by atoms with Gasteiger partial charge in [-0.15, -0.1) is 0 Å². The molecule has 1 saturated carbocycles. The highest BCUT2D eigenvalue weighted by Gasteiger charge is 2.31. The molecule has 3 heterocycles. The van der Waals surface area contributed by atoms with Crippen LogP contribution in [0.4, 0.5) is 0 Å². The quantitative estimate of drug-likeness (QED) is 0.724. The third kappa shape index (κ3) is 1.90. The summed E-state index contributed by atoms with van der Waals surface area (Å²) in [5, 5.41) is 4.07. The van der Waals surface area contributed by atoms with Gasteiger partial charge in [-0.05, 0) is 25.0 Å². The molecule has 0 spiro atoms. The van der Waals surface area contributed by atoms with E-state index in [1.165, 1.54) is 0 Å². The van der Waals surface area contributed by atoms with E-state index < -0.39 is 0 Å². The summed E-state index contributed by atoms with van der Waals surface area (Å²) in [5.74, 6) is 1.59. The van der Waals surface area contributed by atoms with Gasteiger partial charge in [-0.2, -0.15) is 4.98 Å². The molecule has 1 aromatic carbocycles. The minimum atomic E-state index is -0.00977. The average Bonchev–Trinajstić information content (AvgIpc) is 3.22. The number of amides is 1. The van der Waals surface area contributed by atoms with Crippen molar-refractivity contribution in [3.8, 4) is 17.3 Å². The molecule has 2 aliphatic rings. The number of carbonyl (C=O) groups excluding carboxylic acids is 1. The van der Waals surface area contributed by atoms with Crippen LogP contribution in [-0.4, -0.2) is 37.5 Å². The van der Waals surface area contributed by atoms with Crippen molar-refractivity contribution in [2.75, 3.05) is 7.05 Å². The van der Waals surface area contributed by atoms with Crippen LogP contribution in [0.5, 0.6) is 0 Å². The Morgan fingerprint density at radius 3 is 2.92 bits per heavy atom. The summed E-state index contributed by atoms with van der Waals surface area (Å²) in [4.78, 5) is 23.3. The molecule has 0 radical (unpaired) electrons. The van der Waals surface area contributed by atoms with Gasteiger partial charge in [0.05, 0.1) is 23.5 Å². The van der Waals surface area contributed by atoms with Gasteiger partial charge < -0.3 is 9.42 Å². The number of para-hydroxylation sites is 1. The fourth-order valence-corrected chi connectivity index (χ4v) is 3.12. The SMILES string of the molecule is CN1Cc2c(-c3nc(C4CC4)no3)ncn2-c2ccccc2C1=O. The zero-order chi connectivity index (χ0) is 16.3. The molecule has 1 aliphatic heterocycles. The third-order valence-corrected chi connectivity index (χ3v) is 4.58. The van der Waals surface area contributed by atoms with E-state index in [4.69, 9.17) is 4.52 Å². The molecular weight excluding hydrogens is 306 g/mol. The molecule has 1 amide bonds. The lowest BCUT2D eigenvalue weighted by Crippen LogP contribution is -2.25. The van der Waals surface area contributed by atoms with Crippen molar-refractivity contribution in [3.05, 3.63) is 47.7 Å². The Bertz CT molecular complexity index is 954. The van der Waals surface area contributed by atoms with Crippen molar-refractivity contribution in [2.24, 2.45) is 0 Å². The third-order valence-electron chi connectivity index (χ3n) is 4.58. The normalized spacial score (nSPS) is 16.7. The first-order valence-electron chi connectivity index (χ1n) is 7.97. The highest BCUT2D eigenvalue weighted by atomic mass is 16.5. The summed E-state index contributed by atoms with van der Waals surface area (Å²) in [7, 11) is 1.79. The smallest absolute Gasteiger partial charge is 0.278 e. The standard InChI is InChI=1S/C17H15N5O2/c1-21-8-13-14(16-19-15(20-24-16)10-6-7-10)18-9-22(13)12-5-3-2-4-11(12)17(21)23/h2-5,9-10H,6-8H2,1H3. The highest BCUT2D eigenvalue weighted by Crippen LogP contribution is 2.39. The van der Waals surface area contributed by atoms with Crippen molar-refractivity contribution in [2.45, 2.75) is 25.3 Å². The first-order valence-corrected chi connectivity index (χ1v) is 7.97. The second-order valence-electron chi connectivity index (χ2n) is 6.32. The molecule has 24 heavy (non-hydrogen) atoms. The number of aromatic nitrogens is 4. The Hall–Kier alpha value is -2.96. The summed E-state index contributed by atoms with van der Waals surface area (Å²) < 4.78 is 7.36. The molecule has 0 N–H and O–H groups in total. The van der Waals surface area contributed by atoms with Crippen molar-refractivity contribution in [1.82, 2.24) is 24.6 Å². The zero-order valence-corrected chi connectivity index (χ0v) is 13.1. The number of hydrogen-bond acceptors (Lipinski definition) is 5. The monoisotopic (exact) mass is 321 g/mol. The van der Waals surface area contributed by atoms with E-state index >= 15 is 0 Å². The van der Waals surface area contributed by atoms with E-state index in [0.29, 0.717) is 29.6 Å². The van der Waals surface area contributed by atoms with Crippen LogP contribution in [0.2, 0.25) is 0 Å². The van der Waals surface area contributed by atoms with Gasteiger partial charge in [0.15, 0.2) is 11.5 Å². The maximum absolute atomic E-state index is 12.6. The fraction of sp³-hybridized carbons (Fsp3) is 0.294. The van der Waals surface area contributed by atoms with Crippen molar-refractivity contribution >= 4 is 5.91 Å². The van der Waals surface area contributed by atoms with Gasteiger partial charge in [0, 0.05) is 13.0 Å². The Morgan fingerprint density at radius 2 is 2.08 bits per heavy atom. The van der Waals surface area contributed by atoms with Crippen molar-refractivity contribution < 1.29 is 9.32 Å². The van der Waals surface area contributed by atoms with Gasteiger partial charge in [-0.25, -0.2) is 4.98 Å². The molecule has 1 aliphatic carbocycles. The predicted molar refractivity (Wildman–Crippen MR) is 84.6 cm³/mol. The molecule has 7 nitrogen and oxygen atoms in total. The van der Waals surface area contributed by atoms with E-state index in [1.54, 1.807) is 18.3 Å². The van der Waals surface area contributed by atoms with E-state index in [0.717, 1.165) is 30.0 Å². The van der Waals surface area contributed by atoms with Crippen LogP contribution >= 0.6 is 0 Å². The highest BCUT2D eigenvalue weighted by molar-refractivity contribution is 5.98. The molecule has 0 atom stereocenters. The van der Waals surface area contributed by atoms with Gasteiger partial charge in [-0.3, -0.25) is 9.36 Å². The number of hydrogen-bond donors (Lipinski definition) is 0. The molecule has 120 valence electrons. The maximum atomic E-state index is 12.6. The Morgan fingerprint density at radius 1 is 1.25 bits per heavy atom. The van der Waals surface area contributed by atoms with Gasteiger partial charge in [-0.1, -0.05) is 17.3 Å². The Kier molecular flexibility index (Phi) is 2.68. The van der Waals surface area contributed by atoms with Crippen LogP contribution in [0, 0.1) is 0 Å².